The van der Waals surface area contributed by atoms with Crippen LogP contribution >= 0.6 is 0 Å². The fourth-order valence-electron chi connectivity index (χ4n) is 6.31. The molecule has 0 amide bonds. The van der Waals surface area contributed by atoms with E-state index in [2.05, 4.69) is 6.07 Å². The van der Waals surface area contributed by atoms with Crippen molar-refractivity contribution in [2.45, 2.75) is 0 Å². The molecule has 236 valence electrons. The summed E-state index contributed by atoms with van der Waals surface area (Å²) < 4.78 is 58.8. The monoisotopic (exact) mass is 657 g/mol. The number of hydrogen-bond donors (Lipinski definition) is 0. The minimum Gasteiger partial charge on any atom is -0.247 e. The van der Waals surface area contributed by atoms with Crippen LogP contribution in [0, 0.1) is 45.9 Å². The van der Waals surface area contributed by atoms with E-state index in [1.54, 1.807) is 6.07 Å². The molecule has 0 saturated carbocycles. The number of halogens is 4. The van der Waals surface area contributed by atoms with Gasteiger partial charge in [-0.1, -0.05) is 103 Å². The van der Waals surface area contributed by atoms with Crippen LogP contribution in [0.25, 0.3) is 77.6 Å². The van der Waals surface area contributed by atoms with E-state index >= 15 is 0 Å². The Bertz CT molecular complexity index is 2730. The third-order valence-corrected chi connectivity index (χ3v) is 8.64. The van der Waals surface area contributed by atoms with Crippen molar-refractivity contribution in [1.82, 2.24) is 15.0 Å². The Morgan fingerprint density at radius 3 is 1.56 bits per heavy atom. The van der Waals surface area contributed by atoms with Gasteiger partial charge in [0.1, 0.15) is 23.2 Å². The maximum absolute atomic E-state index is 14.9. The van der Waals surface area contributed by atoms with Gasteiger partial charge in [-0.25, -0.2) is 32.5 Å². The fourth-order valence-corrected chi connectivity index (χ4v) is 6.31. The van der Waals surface area contributed by atoms with Gasteiger partial charge in [0.05, 0.1) is 39.2 Å². The molecule has 8 rings (SSSR count). The lowest BCUT2D eigenvalue weighted by Crippen LogP contribution is -2.03. The molecule has 0 fully saturated rings. The van der Waals surface area contributed by atoms with E-state index in [4.69, 9.17) is 20.2 Å². The average molecular weight is 658 g/mol. The molecule has 0 aliphatic carbocycles. The van der Waals surface area contributed by atoms with Gasteiger partial charge in [0.15, 0.2) is 23.3 Å². The van der Waals surface area contributed by atoms with Crippen LogP contribution in [0.1, 0.15) is 11.1 Å². The number of aromatic nitrogens is 3. The largest absolute Gasteiger partial charge is 0.247 e. The number of nitrogens with zero attached hydrogens (tertiary/aromatic N) is 5. The van der Waals surface area contributed by atoms with Crippen LogP contribution < -0.4 is 0 Å². The zero-order valence-electron chi connectivity index (χ0n) is 25.7. The van der Waals surface area contributed by atoms with Crippen LogP contribution in [0.3, 0.4) is 0 Å². The Morgan fingerprint density at radius 1 is 0.460 bits per heavy atom. The Kier molecular flexibility index (Phi) is 7.24. The highest BCUT2D eigenvalue weighted by Crippen LogP contribution is 2.41. The lowest BCUT2D eigenvalue weighted by atomic mass is 9.94. The molecule has 0 aliphatic heterocycles. The zero-order chi connectivity index (χ0) is 34.5. The SMILES string of the molecule is N#Cc1c(F)c(F)c(-c2ccc(-c3nc4ccccc4c4c3cc(C#N)c3nc(-c5ccccc5)c(-c5ccccc5)nc34)cc2)c(F)c1F. The summed E-state index contributed by atoms with van der Waals surface area (Å²) in [5.74, 6) is -6.88. The molecular weight excluding hydrogens is 638 g/mol. The Morgan fingerprint density at radius 2 is 0.980 bits per heavy atom. The number of pyridine rings is 1. The van der Waals surface area contributed by atoms with Crippen molar-refractivity contribution in [3.63, 3.8) is 0 Å². The second-order valence-corrected chi connectivity index (χ2v) is 11.5. The summed E-state index contributed by atoms with van der Waals surface area (Å²) in [5.41, 5.74) is 3.22. The average Bonchev–Trinajstić information content (AvgIpc) is 3.17. The van der Waals surface area contributed by atoms with Crippen LogP contribution in [0.15, 0.2) is 115 Å². The van der Waals surface area contributed by atoms with Gasteiger partial charge >= 0.3 is 0 Å². The summed E-state index contributed by atoms with van der Waals surface area (Å²) >= 11 is 0. The normalized spacial score (nSPS) is 11.2. The second kappa shape index (κ2) is 11.9. The molecule has 50 heavy (non-hydrogen) atoms. The number of benzene rings is 6. The summed E-state index contributed by atoms with van der Waals surface area (Å²) in [4.78, 5) is 15.2. The molecule has 0 unspecified atom stereocenters. The van der Waals surface area contributed by atoms with Crippen LogP contribution in [-0.4, -0.2) is 15.0 Å². The third kappa shape index (κ3) is 4.72. The molecule has 9 heteroatoms. The maximum atomic E-state index is 14.9. The number of fused-ring (bicyclic) bond motifs is 5. The highest BCUT2D eigenvalue weighted by Gasteiger charge is 2.27. The quantitative estimate of drug-likeness (QED) is 0.107. The van der Waals surface area contributed by atoms with Gasteiger partial charge in [-0.05, 0) is 17.7 Å². The molecule has 2 heterocycles. The van der Waals surface area contributed by atoms with Crippen molar-refractivity contribution in [1.29, 1.82) is 10.5 Å². The molecule has 0 bridgehead atoms. The number of rotatable bonds is 4. The molecule has 0 radical (unpaired) electrons. The van der Waals surface area contributed by atoms with E-state index in [0.717, 1.165) is 22.6 Å². The molecular formula is C41H19F4N5. The van der Waals surface area contributed by atoms with E-state index in [1.165, 1.54) is 24.3 Å². The van der Waals surface area contributed by atoms with Crippen LogP contribution in [0.2, 0.25) is 0 Å². The highest BCUT2D eigenvalue weighted by molar-refractivity contribution is 6.22. The van der Waals surface area contributed by atoms with Gasteiger partial charge in [-0.15, -0.1) is 0 Å². The molecule has 8 aromatic rings. The molecule has 0 spiro atoms. The van der Waals surface area contributed by atoms with Crippen molar-refractivity contribution in [3.05, 3.63) is 150 Å². The van der Waals surface area contributed by atoms with Crippen molar-refractivity contribution >= 4 is 32.7 Å². The first-order chi connectivity index (χ1) is 24.4. The van der Waals surface area contributed by atoms with E-state index in [1.807, 2.05) is 84.9 Å². The van der Waals surface area contributed by atoms with Gasteiger partial charge in [0, 0.05) is 32.8 Å². The minimum absolute atomic E-state index is 0.147. The minimum atomic E-state index is -1.77. The second-order valence-electron chi connectivity index (χ2n) is 11.5. The lowest BCUT2D eigenvalue weighted by Gasteiger charge is -2.16. The smallest absolute Gasteiger partial charge is 0.180 e. The van der Waals surface area contributed by atoms with Crippen LogP contribution in [0.4, 0.5) is 17.6 Å². The topological polar surface area (TPSA) is 86.2 Å². The Balaban J connectivity index is 1.42. The van der Waals surface area contributed by atoms with Gasteiger partial charge in [0.2, 0.25) is 0 Å². The van der Waals surface area contributed by atoms with Crippen molar-refractivity contribution in [3.8, 4) is 57.0 Å². The standard InChI is InChI=1S/C41H19F4N5/c42-33-29(21-47)34(43)36(45)31(35(33)44)22-15-17-25(18-16-22)37-28-19-26(20-46)40-41(32(28)27-13-7-8-14-30(27)48-37)50-39(24-11-5-2-6-12-24)38(49-40)23-9-3-1-4-10-23/h1-19H. The summed E-state index contributed by atoms with van der Waals surface area (Å²) in [6.07, 6.45) is 0. The predicted molar refractivity (Wildman–Crippen MR) is 183 cm³/mol. The maximum Gasteiger partial charge on any atom is 0.180 e. The molecule has 0 saturated heterocycles. The van der Waals surface area contributed by atoms with Crippen molar-refractivity contribution in [2.24, 2.45) is 0 Å². The molecule has 5 nitrogen and oxygen atoms in total. The number of nitriles is 2. The van der Waals surface area contributed by atoms with E-state index < -0.39 is 34.4 Å². The van der Waals surface area contributed by atoms with Crippen LogP contribution in [-0.2, 0) is 0 Å². The summed E-state index contributed by atoms with van der Waals surface area (Å²) in [6.45, 7) is 0. The Hall–Kier alpha value is -6.97. The molecule has 0 atom stereocenters. The molecule has 0 aliphatic rings. The fraction of sp³-hybridized carbons (Fsp3) is 0. The first-order valence-corrected chi connectivity index (χ1v) is 15.3. The Labute approximate surface area is 282 Å². The zero-order valence-corrected chi connectivity index (χ0v) is 25.7. The van der Waals surface area contributed by atoms with Gasteiger partial charge in [0.25, 0.3) is 0 Å². The highest BCUT2D eigenvalue weighted by atomic mass is 19.2. The van der Waals surface area contributed by atoms with E-state index in [9.17, 15) is 22.8 Å². The van der Waals surface area contributed by atoms with Gasteiger partial charge < -0.3 is 0 Å². The van der Waals surface area contributed by atoms with Crippen molar-refractivity contribution in [2.75, 3.05) is 0 Å². The van der Waals surface area contributed by atoms with Gasteiger partial charge in [-0.3, -0.25) is 0 Å². The summed E-state index contributed by atoms with van der Waals surface area (Å²) in [5, 5.41) is 21.4. The predicted octanol–water partition coefficient (Wildman–Crippen LogP) is 10.3. The first kappa shape index (κ1) is 30.4. The lowest BCUT2D eigenvalue weighted by molar-refractivity contribution is 0.454. The number of hydrogen-bond acceptors (Lipinski definition) is 5. The van der Waals surface area contributed by atoms with Crippen LogP contribution in [0.5, 0.6) is 0 Å². The molecule has 6 aromatic carbocycles. The molecule has 0 N–H and O–H groups in total. The summed E-state index contributed by atoms with van der Waals surface area (Å²) in [6, 6.07) is 37.6. The van der Waals surface area contributed by atoms with Gasteiger partial charge in [-0.2, -0.15) is 10.5 Å². The molecule has 2 aromatic heterocycles. The first-order valence-electron chi connectivity index (χ1n) is 15.3. The number of para-hydroxylation sites is 1. The third-order valence-electron chi connectivity index (χ3n) is 8.64. The van der Waals surface area contributed by atoms with Crippen molar-refractivity contribution < 1.29 is 17.6 Å². The van der Waals surface area contributed by atoms with E-state index in [-0.39, 0.29) is 11.1 Å². The van der Waals surface area contributed by atoms with E-state index in [0.29, 0.717) is 50.0 Å². The summed E-state index contributed by atoms with van der Waals surface area (Å²) in [7, 11) is 0.